The van der Waals surface area contributed by atoms with Crippen molar-refractivity contribution in [2.75, 3.05) is 0 Å². The highest BCUT2D eigenvalue weighted by Gasteiger charge is 1.92. The molecule has 0 radical (unpaired) electrons. The summed E-state index contributed by atoms with van der Waals surface area (Å²) in [6, 6.07) is 18.4. The molecule has 0 unspecified atom stereocenters. The maximum Gasteiger partial charge on any atom is 0.336 e. The number of para-hydroxylation sites is 3. The van der Waals surface area contributed by atoms with Gasteiger partial charge in [-0.3, -0.25) is 9.97 Å². The van der Waals surface area contributed by atoms with Crippen molar-refractivity contribution in [3.63, 3.8) is 0 Å². The second-order valence-corrected chi connectivity index (χ2v) is 4.34. The fourth-order valence-corrected chi connectivity index (χ4v) is 1.92. The molecule has 2 aromatic carbocycles. The van der Waals surface area contributed by atoms with Crippen LogP contribution in [0.15, 0.2) is 82.3 Å². The number of aromatic nitrogens is 2. The van der Waals surface area contributed by atoms with Gasteiger partial charge in [-0.05, 0) is 24.3 Å². The number of hydrogen-bond donors (Lipinski definition) is 0. The highest BCUT2D eigenvalue weighted by molar-refractivity contribution is 5.75. The Hall–Kier alpha value is -3.01. The molecule has 0 amide bonds. The smallest absolute Gasteiger partial charge is 0.336 e. The summed E-state index contributed by atoms with van der Waals surface area (Å²) in [4.78, 5) is 19.0. The summed E-state index contributed by atoms with van der Waals surface area (Å²) >= 11 is 0. The maximum absolute atomic E-state index is 10.7. The van der Waals surface area contributed by atoms with Crippen LogP contribution in [0, 0.1) is 0 Å². The van der Waals surface area contributed by atoms with Crippen LogP contribution < -0.4 is 5.63 Å². The fourth-order valence-electron chi connectivity index (χ4n) is 1.92. The lowest BCUT2D eigenvalue weighted by atomic mass is 10.2. The lowest BCUT2D eigenvalue weighted by molar-refractivity contribution is 0.561. The second kappa shape index (κ2) is 5.96. The van der Waals surface area contributed by atoms with Gasteiger partial charge in [0.2, 0.25) is 0 Å². The molecule has 4 nitrogen and oxygen atoms in total. The van der Waals surface area contributed by atoms with E-state index in [1.165, 1.54) is 6.07 Å². The quantitative estimate of drug-likeness (QED) is 0.462. The van der Waals surface area contributed by atoms with Gasteiger partial charge in [-0.15, -0.1) is 0 Å². The van der Waals surface area contributed by atoms with Gasteiger partial charge in [-0.1, -0.05) is 30.3 Å². The van der Waals surface area contributed by atoms with Gasteiger partial charge in [0.05, 0.1) is 11.0 Å². The summed E-state index contributed by atoms with van der Waals surface area (Å²) in [6.45, 7) is 0. The third-order valence-electron chi connectivity index (χ3n) is 2.90. The Kier molecular flexibility index (Phi) is 3.69. The summed E-state index contributed by atoms with van der Waals surface area (Å²) < 4.78 is 4.91. The topological polar surface area (TPSA) is 56.0 Å². The highest BCUT2D eigenvalue weighted by Crippen LogP contribution is 2.09. The van der Waals surface area contributed by atoms with Crippen LogP contribution >= 0.6 is 0 Å². The van der Waals surface area contributed by atoms with Crippen LogP contribution in [0.4, 0.5) is 0 Å². The first-order chi connectivity index (χ1) is 10.3. The lowest BCUT2D eigenvalue weighted by Crippen LogP contribution is -1.93. The predicted octanol–water partition coefficient (Wildman–Crippen LogP) is 3.42. The third-order valence-corrected chi connectivity index (χ3v) is 2.90. The van der Waals surface area contributed by atoms with E-state index in [2.05, 4.69) is 9.97 Å². The first-order valence-corrected chi connectivity index (χ1v) is 6.47. The molecule has 0 aliphatic carbocycles. The Morgan fingerprint density at radius 3 is 2.05 bits per heavy atom. The van der Waals surface area contributed by atoms with Gasteiger partial charge in [-0.25, -0.2) is 4.79 Å². The van der Waals surface area contributed by atoms with E-state index in [0.29, 0.717) is 5.58 Å². The molecule has 0 atom stereocenters. The molecule has 0 fully saturated rings. The highest BCUT2D eigenvalue weighted by atomic mass is 16.4. The zero-order chi connectivity index (χ0) is 14.5. The summed E-state index contributed by atoms with van der Waals surface area (Å²) in [5.74, 6) is 0. The minimum absolute atomic E-state index is 0.302. The van der Waals surface area contributed by atoms with E-state index in [0.717, 1.165) is 16.4 Å². The molecule has 21 heavy (non-hydrogen) atoms. The molecule has 4 rings (SSSR count). The van der Waals surface area contributed by atoms with Crippen LogP contribution in [0.5, 0.6) is 0 Å². The van der Waals surface area contributed by atoms with Crippen molar-refractivity contribution in [2.24, 2.45) is 0 Å². The maximum atomic E-state index is 10.7. The average Bonchev–Trinajstić information content (AvgIpc) is 2.55. The number of rotatable bonds is 0. The molecule has 0 saturated carbocycles. The second-order valence-electron chi connectivity index (χ2n) is 4.34. The summed E-state index contributed by atoms with van der Waals surface area (Å²) in [5, 5.41) is 0.951. The SMILES string of the molecule is O=c1ccc2ccccc2o1.c1ccc2nccnc2c1. The van der Waals surface area contributed by atoms with E-state index in [4.69, 9.17) is 4.42 Å². The number of benzene rings is 2. The molecule has 2 aromatic heterocycles. The molecular formula is C17H12N2O2. The Morgan fingerprint density at radius 1 is 0.714 bits per heavy atom. The van der Waals surface area contributed by atoms with Crippen molar-refractivity contribution in [1.29, 1.82) is 0 Å². The van der Waals surface area contributed by atoms with Gasteiger partial charge in [0, 0.05) is 23.8 Å². The standard InChI is InChI=1S/C9H6O2.C8H6N2/c10-9-6-5-7-3-1-2-4-8(7)11-9;1-2-4-8-7(3-1)9-5-6-10-8/h1-6H;1-6H. The van der Waals surface area contributed by atoms with Crippen LogP contribution in [-0.4, -0.2) is 9.97 Å². The number of hydrogen-bond acceptors (Lipinski definition) is 4. The van der Waals surface area contributed by atoms with Gasteiger partial charge < -0.3 is 4.42 Å². The van der Waals surface area contributed by atoms with Crippen LogP contribution in [-0.2, 0) is 0 Å². The van der Waals surface area contributed by atoms with E-state index >= 15 is 0 Å². The Morgan fingerprint density at radius 2 is 1.33 bits per heavy atom. The number of fused-ring (bicyclic) bond motifs is 2. The van der Waals surface area contributed by atoms with Gasteiger partial charge >= 0.3 is 5.63 Å². The molecule has 0 aliphatic rings. The van der Waals surface area contributed by atoms with Crippen LogP contribution in [0.25, 0.3) is 22.0 Å². The van der Waals surface area contributed by atoms with Crippen LogP contribution in [0.1, 0.15) is 0 Å². The Balaban J connectivity index is 0.000000126. The number of nitrogens with zero attached hydrogens (tertiary/aromatic N) is 2. The van der Waals surface area contributed by atoms with Crippen LogP contribution in [0.2, 0.25) is 0 Å². The lowest BCUT2D eigenvalue weighted by Gasteiger charge is -1.91. The zero-order valence-corrected chi connectivity index (χ0v) is 11.1. The molecule has 4 aromatic rings. The monoisotopic (exact) mass is 276 g/mol. The van der Waals surface area contributed by atoms with E-state index in [-0.39, 0.29) is 5.63 Å². The Bertz CT molecular complexity index is 866. The predicted molar refractivity (Wildman–Crippen MR) is 82.0 cm³/mol. The summed E-state index contributed by atoms with van der Waals surface area (Å²) in [7, 11) is 0. The average molecular weight is 276 g/mol. The van der Waals surface area contributed by atoms with E-state index in [1.54, 1.807) is 24.5 Å². The molecule has 0 aliphatic heterocycles. The summed E-state index contributed by atoms with van der Waals surface area (Å²) in [5.41, 5.74) is 2.23. The first kappa shape index (κ1) is 13.0. The molecule has 2 heterocycles. The molecule has 0 saturated heterocycles. The van der Waals surface area contributed by atoms with E-state index in [9.17, 15) is 4.79 Å². The zero-order valence-electron chi connectivity index (χ0n) is 11.1. The van der Waals surface area contributed by atoms with Crippen molar-refractivity contribution in [3.05, 3.63) is 83.5 Å². The minimum Gasteiger partial charge on any atom is -0.423 e. The van der Waals surface area contributed by atoms with Crippen molar-refractivity contribution in [3.8, 4) is 0 Å². The van der Waals surface area contributed by atoms with Crippen LogP contribution in [0.3, 0.4) is 0 Å². The normalized spacial score (nSPS) is 10.1. The third kappa shape index (κ3) is 3.12. The Labute approximate surface area is 120 Å². The first-order valence-electron chi connectivity index (χ1n) is 6.47. The molecular weight excluding hydrogens is 264 g/mol. The largest absolute Gasteiger partial charge is 0.423 e. The summed E-state index contributed by atoms with van der Waals surface area (Å²) in [6.07, 6.45) is 3.39. The molecule has 102 valence electrons. The van der Waals surface area contributed by atoms with E-state index < -0.39 is 0 Å². The van der Waals surface area contributed by atoms with Gasteiger partial charge in [0.25, 0.3) is 0 Å². The fraction of sp³-hybridized carbons (Fsp3) is 0. The van der Waals surface area contributed by atoms with Crippen molar-refractivity contribution >= 4 is 22.0 Å². The van der Waals surface area contributed by atoms with E-state index in [1.807, 2.05) is 42.5 Å². The molecule has 4 heteroatoms. The molecule has 0 bridgehead atoms. The minimum atomic E-state index is -0.302. The molecule has 0 N–H and O–H groups in total. The van der Waals surface area contributed by atoms with Crippen molar-refractivity contribution in [2.45, 2.75) is 0 Å². The van der Waals surface area contributed by atoms with Crippen molar-refractivity contribution < 1.29 is 4.42 Å². The molecule has 0 spiro atoms. The van der Waals surface area contributed by atoms with Gasteiger partial charge in [0.15, 0.2) is 0 Å². The van der Waals surface area contributed by atoms with Gasteiger partial charge in [-0.2, -0.15) is 0 Å². The van der Waals surface area contributed by atoms with Crippen molar-refractivity contribution in [1.82, 2.24) is 9.97 Å². The van der Waals surface area contributed by atoms with Gasteiger partial charge in [0.1, 0.15) is 5.58 Å².